The van der Waals surface area contributed by atoms with Crippen LogP contribution in [0.15, 0.2) is 9.98 Å². The quantitative estimate of drug-likeness (QED) is 0.868. The summed E-state index contributed by atoms with van der Waals surface area (Å²) in [5.74, 6) is 0. The molecule has 80 valence electrons. The first kappa shape index (κ1) is 11.9. The van der Waals surface area contributed by atoms with Crippen LogP contribution in [-0.4, -0.2) is 24.7 Å². The molecule has 1 unspecified atom stereocenters. The number of hydrogen-bond acceptors (Lipinski definition) is 4. The summed E-state index contributed by atoms with van der Waals surface area (Å²) in [6.07, 6.45) is 2.25. The number of hydrogen-bond donors (Lipinski definition) is 1. The van der Waals surface area contributed by atoms with E-state index >= 15 is 0 Å². The highest BCUT2D eigenvalue weighted by Gasteiger charge is 2.08. The van der Waals surface area contributed by atoms with Crippen molar-refractivity contribution in [3.8, 4) is 0 Å². The van der Waals surface area contributed by atoms with Gasteiger partial charge in [0.1, 0.15) is 4.60 Å². The number of halogens is 1. The molecule has 0 bridgehead atoms. The van der Waals surface area contributed by atoms with E-state index in [1.54, 1.807) is 18.4 Å². The maximum absolute atomic E-state index is 5.14. The lowest BCUT2D eigenvalue weighted by Gasteiger charge is -2.15. The number of nitrogens with one attached hydrogen (secondary N) is 1. The minimum atomic E-state index is 0.364. The molecule has 0 fully saturated rings. The molecule has 1 rings (SSSR count). The molecule has 14 heavy (non-hydrogen) atoms. The molecule has 0 amide bonds. The second-order valence-electron chi connectivity index (χ2n) is 3.06. The van der Waals surface area contributed by atoms with Crippen LogP contribution in [-0.2, 0) is 4.74 Å². The second kappa shape index (κ2) is 6.37. The van der Waals surface area contributed by atoms with E-state index in [4.69, 9.17) is 4.74 Å². The first-order chi connectivity index (χ1) is 6.76. The Morgan fingerprint density at radius 3 is 3.00 bits per heavy atom. The van der Waals surface area contributed by atoms with Gasteiger partial charge in [-0.2, -0.15) is 0 Å². The Morgan fingerprint density at radius 2 is 2.50 bits per heavy atom. The van der Waals surface area contributed by atoms with Crippen molar-refractivity contribution < 1.29 is 4.74 Å². The van der Waals surface area contributed by atoms with E-state index in [2.05, 4.69) is 33.2 Å². The number of methoxy groups -OCH3 is 1. The van der Waals surface area contributed by atoms with Crippen LogP contribution in [0.2, 0.25) is 0 Å². The summed E-state index contributed by atoms with van der Waals surface area (Å²) in [4.78, 5) is 4.28. The fourth-order valence-corrected chi connectivity index (χ4v) is 2.46. The number of anilines is 1. The van der Waals surface area contributed by atoms with Gasteiger partial charge in [-0.1, -0.05) is 13.3 Å². The van der Waals surface area contributed by atoms with Crippen molar-refractivity contribution in [2.75, 3.05) is 19.0 Å². The Kier molecular flexibility index (Phi) is 5.44. The Balaban J connectivity index is 2.46. The molecule has 0 spiro atoms. The Hall–Kier alpha value is -0.130. The molecular weight excluding hydrogens is 264 g/mol. The number of thiazole rings is 1. The average Bonchev–Trinajstić information content (AvgIpc) is 2.52. The number of nitrogens with zero attached hydrogens (tertiary/aromatic N) is 1. The van der Waals surface area contributed by atoms with E-state index in [-0.39, 0.29) is 0 Å². The summed E-state index contributed by atoms with van der Waals surface area (Å²) in [6, 6.07) is 0.364. The smallest absolute Gasteiger partial charge is 0.184 e. The monoisotopic (exact) mass is 278 g/mol. The summed E-state index contributed by atoms with van der Waals surface area (Å²) in [5.41, 5.74) is 0. The highest BCUT2D eigenvalue weighted by atomic mass is 79.9. The zero-order chi connectivity index (χ0) is 10.4. The highest BCUT2D eigenvalue weighted by molar-refractivity contribution is 9.10. The molecule has 1 aromatic rings. The molecule has 0 aromatic carbocycles. The van der Waals surface area contributed by atoms with Gasteiger partial charge >= 0.3 is 0 Å². The molecule has 1 N–H and O–H groups in total. The molecule has 3 nitrogen and oxygen atoms in total. The summed E-state index contributed by atoms with van der Waals surface area (Å²) >= 11 is 4.93. The molecule has 0 aliphatic heterocycles. The van der Waals surface area contributed by atoms with Crippen molar-refractivity contribution in [2.24, 2.45) is 0 Å². The van der Waals surface area contributed by atoms with Crippen molar-refractivity contribution in [1.29, 1.82) is 0 Å². The molecule has 0 saturated carbocycles. The maximum Gasteiger partial charge on any atom is 0.184 e. The highest BCUT2D eigenvalue weighted by Crippen LogP contribution is 2.20. The van der Waals surface area contributed by atoms with Crippen LogP contribution in [0.1, 0.15) is 19.8 Å². The third-order valence-electron chi connectivity index (χ3n) is 1.81. The minimum Gasteiger partial charge on any atom is -0.383 e. The average molecular weight is 279 g/mol. The lowest BCUT2D eigenvalue weighted by atomic mass is 10.2. The second-order valence-corrected chi connectivity index (χ2v) is 4.73. The van der Waals surface area contributed by atoms with Gasteiger partial charge in [0.15, 0.2) is 5.13 Å². The van der Waals surface area contributed by atoms with Crippen molar-refractivity contribution >= 4 is 32.4 Å². The van der Waals surface area contributed by atoms with Gasteiger partial charge in [-0.25, -0.2) is 4.98 Å². The molecular formula is C9H15BrN2OS. The van der Waals surface area contributed by atoms with Crippen LogP contribution >= 0.6 is 27.3 Å². The van der Waals surface area contributed by atoms with Crippen molar-refractivity contribution in [3.05, 3.63) is 9.98 Å². The van der Waals surface area contributed by atoms with Gasteiger partial charge in [0.05, 0.1) is 12.6 Å². The Morgan fingerprint density at radius 1 is 1.71 bits per heavy atom. The molecule has 1 heterocycles. The topological polar surface area (TPSA) is 34.1 Å². The third kappa shape index (κ3) is 3.94. The fourth-order valence-electron chi connectivity index (χ4n) is 1.24. The van der Waals surface area contributed by atoms with Crippen LogP contribution in [0.5, 0.6) is 0 Å². The minimum absolute atomic E-state index is 0.364. The van der Waals surface area contributed by atoms with E-state index in [0.717, 1.165) is 29.2 Å². The van der Waals surface area contributed by atoms with Crippen molar-refractivity contribution in [2.45, 2.75) is 25.8 Å². The van der Waals surface area contributed by atoms with Crippen LogP contribution in [0.3, 0.4) is 0 Å². The zero-order valence-electron chi connectivity index (χ0n) is 8.42. The molecule has 0 aliphatic carbocycles. The van der Waals surface area contributed by atoms with Gasteiger partial charge < -0.3 is 10.1 Å². The molecule has 0 aliphatic rings. The van der Waals surface area contributed by atoms with Gasteiger partial charge in [-0.05, 0) is 22.4 Å². The zero-order valence-corrected chi connectivity index (χ0v) is 10.8. The van der Waals surface area contributed by atoms with Gasteiger partial charge in [-0.15, -0.1) is 11.3 Å². The predicted molar refractivity (Wildman–Crippen MR) is 64.0 cm³/mol. The molecule has 0 saturated heterocycles. The van der Waals surface area contributed by atoms with E-state index < -0.39 is 0 Å². The van der Waals surface area contributed by atoms with Crippen LogP contribution < -0.4 is 5.32 Å². The predicted octanol–water partition coefficient (Wildman–Crippen LogP) is 3.13. The SMILES string of the molecule is CCCC(COC)Nc1nc(Br)cs1. The van der Waals surface area contributed by atoms with Gasteiger partial charge in [0, 0.05) is 12.5 Å². The Bertz CT molecular complexity index is 261. The number of rotatable bonds is 6. The summed E-state index contributed by atoms with van der Waals surface area (Å²) in [7, 11) is 1.72. The summed E-state index contributed by atoms with van der Waals surface area (Å²) in [5, 5.41) is 6.28. The summed E-state index contributed by atoms with van der Waals surface area (Å²) in [6.45, 7) is 2.90. The van der Waals surface area contributed by atoms with Crippen LogP contribution in [0, 0.1) is 0 Å². The van der Waals surface area contributed by atoms with Gasteiger partial charge in [0.2, 0.25) is 0 Å². The molecule has 1 atom stereocenters. The largest absolute Gasteiger partial charge is 0.383 e. The van der Waals surface area contributed by atoms with Crippen LogP contribution in [0.4, 0.5) is 5.13 Å². The van der Waals surface area contributed by atoms with Gasteiger partial charge in [0.25, 0.3) is 0 Å². The van der Waals surface area contributed by atoms with Crippen molar-refractivity contribution in [3.63, 3.8) is 0 Å². The van der Waals surface area contributed by atoms with Crippen LogP contribution in [0.25, 0.3) is 0 Å². The van der Waals surface area contributed by atoms with Gasteiger partial charge in [-0.3, -0.25) is 0 Å². The van der Waals surface area contributed by atoms with Crippen molar-refractivity contribution in [1.82, 2.24) is 4.98 Å². The Labute approximate surface area is 97.0 Å². The van der Waals surface area contributed by atoms with E-state index in [0.29, 0.717) is 6.04 Å². The maximum atomic E-state index is 5.14. The third-order valence-corrected chi connectivity index (χ3v) is 3.29. The molecule has 1 aromatic heterocycles. The molecule has 5 heteroatoms. The molecule has 0 radical (unpaired) electrons. The van der Waals surface area contributed by atoms with E-state index in [1.807, 2.05) is 5.38 Å². The normalized spacial score (nSPS) is 12.8. The number of ether oxygens (including phenoxy) is 1. The summed E-state index contributed by atoms with van der Waals surface area (Å²) < 4.78 is 6.02. The first-order valence-corrected chi connectivity index (χ1v) is 6.30. The van der Waals surface area contributed by atoms with E-state index in [1.165, 1.54) is 0 Å². The lowest BCUT2D eigenvalue weighted by molar-refractivity contribution is 0.182. The lowest BCUT2D eigenvalue weighted by Crippen LogP contribution is -2.24. The number of aromatic nitrogens is 1. The van der Waals surface area contributed by atoms with E-state index in [9.17, 15) is 0 Å². The fraction of sp³-hybridized carbons (Fsp3) is 0.667. The standard InChI is InChI=1S/C9H15BrN2OS/c1-3-4-7(5-13-2)11-9-12-8(10)6-14-9/h6-7H,3-5H2,1-2H3,(H,11,12). The first-order valence-electron chi connectivity index (χ1n) is 4.62.